The molecule has 12 heteroatoms. The first kappa shape index (κ1) is 26.8. The standard InChI is InChI=1S/C30H24ClF3N6O2/c31-20-1-2-21-19(13-20)14-36-23(25(21)18-3-10-37-38-15-18)17-40-24-16-35-9-4-22(24)28(26(40)41)7-11-39(12-8-28)27(42)29(5-6-29)30(32,33)34/h1-4,9-10,13-16H,5-8,11-12,17H2. The number of benzene rings is 1. The minimum atomic E-state index is -4.57. The fourth-order valence-electron chi connectivity index (χ4n) is 6.53. The number of rotatable bonds is 4. The van der Waals surface area contributed by atoms with Crippen molar-refractivity contribution >= 4 is 39.9 Å². The Bertz CT molecular complexity index is 1740. The molecule has 214 valence electrons. The lowest BCUT2D eigenvalue weighted by molar-refractivity contribution is -0.199. The number of piperidine rings is 1. The summed E-state index contributed by atoms with van der Waals surface area (Å²) < 4.78 is 41.0. The number of fused-ring (bicyclic) bond motifs is 3. The lowest BCUT2D eigenvalue weighted by atomic mass is 9.73. The molecule has 1 aromatic carbocycles. The molecule has 5 heterocycles. The van der Waals surface area contributed by atoms with Crippen molar-refractivity contribution in [1.29, 1.82) is 0 Å². The zero-order chi connectivity index (χ0) is 29.3. The number of pyridine rings is 2. The van der Waals surface area contributed by atoms with Gasteiger partial charge in [-0.05, 0) is 60.9 Å². The Morgan fingerprint density at radius 2 is 1.76 bits per heavy atom. The highest BCUT2D eigenvalue weighted by molar-refractivity contribution is 6.31. The quantitative estimate of drug-likeness (QED) is 0.311. The lowest BCUT2D eigenvalue weighted by Gasteiger charge is -2.40. The van der Waals surface area contributed by atoms with E-state index in [1.165, 1.54) is 4.90 Å². The number of alkyl halides is 3. The normalized spacial score (nSPS) is 18.9. The van der Waals surface area contributed by atoms with Crippen LogP contribution in [0.5, 0.6) is 0 Å². The van der Waals surface area contributed by atoms with E-state index in [2.05, 4.69) is 15.2 Å². The van der Waals surface area contributed by atoms with Gasteiger partial charge in [-0.1, -0.05) is 17.7 Å². The van der Waals surface area contributed by atoms with Crippen LogP contribution in [0.2, 0.25) is 5.02 Å². The zero-order valence-corrected chi connectivity index (χ0v) is 23.0. The van der Waals surface area contributed by atoms with Gasteiger partial charge in [0.2, 0.25) is 11.8 Å². The molecule has 0 N–H and O–H groups in total. The van der Waals surface area contributed by atoms with Crippen molar-refractivity contribution in [2.24, 2.45) is 5.41 Å². The highest BCUT2D eigenvalue weighted by atomic mass is 35.5. The maximum absolute atomic E-state index is 14.3. The van der Waals surface area contributed by atoms with Crippen molar-refractivity contribution in [3.63, 3.8) is 0 Å². The third-order valence-corrected chi connectivity index (χ3v) is 9.21. The Labute approximate surface area is 243 Å². The summed E-state index contributed by atoms with van der Waals surface area (Å²) in [6.45, 7) is 0.275. The zero-order valence-electron chi connectivity index (χ0n) is 22.2. The van der Waals surface area contributed by atoms with Crippen LogP contribution in [0.1, 0.15) is 36.9 Å². The van der Waals surface area contributed by atoms with Crippen LogP contribution >= 0.6 is 11.6 Å². The van der Waals surface area contributed by atoms with Crippen LogP contribution in [0.25, 0.3) is 21.9 Å². The molecular weight excluding hydrogens is 569 g/mol. The number of anilines is 1. The van der Waals surface area contributed by atoms with E-state index in [1.54, 1.807) is 48.0 Å². The minimum absolute atomic E-state index is 0.0704. The van der Waals surface area contributed by atoms with Gasteiger partial charge in [0, 0.05) is 47.0 Å². The molecule has 1 spiro atoms. The van der Waals surface area contributed by atoms with E-state index in [-0.39, 0.29) is 51.2 Å². The van der Waals surface area contributed by atoms with Gasteiger partial charge in [0.15, 0.2) is 0 Å². The summed E-state index contributed by atoms with van der Waals surface area (Å²) in [6.07, 6.45) is 3.71. The smallest absolute Gasteiger partial charge is 0.342 e. The van der Waals surface area contributed by atoms with Crippen molar-refractivity contribution in [2.75, 3.05) is 18.0 Å². The first-order chi connectivity index (χ1) is 20.1. The van der Waals surface area contributed by atoms with E-state index < -0.39 is 22.9 Å². The number of aromatic nitrogens is 4. The third-order valence-electron chi connectivity index (χ3n) is 8.98. The number of carbonyl (C=O) groups is 2. The van der Waals surface area contributed by atoms with E-state index in [9.17, 15) is 22.8 Å². The molecule has 0 bridgehead atoms. The molecule has 3 aromatic heterocycles. The first-order valence-corrected chi connectivity index (χ1v) is 14.0. The third kappa shape index (κ3) is 3.97. The molecule has 7 rings (SSSR count). The minimum Gasteiger partial charge on any atom is -0.342 e. The number of halogens is 4. The number of amides is 2. The van der Waals surface area contributed by atoms with Gasteiger partial charge in [0.25, 0.3) is 0 Å². The molecule has 0 radical (unpaired) electrons. The Kier molecular flexibility index (Phi) is 6.02. The number of hydrogen-bond acceptors (Lipinski definition) is 6. The summed E-state index contributed by atoms with van der Waals surface area (Å²) in [5.41, 5.74) is 0.368. The Morgan fingerprint density at radius 3 is 2.45 bits per heavy atom. The average molecular weight is 593 g/mol. The van der Waals surface area contributed by atoms with Gasteiger partial charge in [-0.15, -0.1) is 0 Å². The van der Waals surface area contributed by atoms with E-state index in [0.717, 1.165) is 27.5 Å². The van der Waals surface area contributed by atoms with Crippen molar-refractivity contribution < 1.29 is 22.8 Å². The number of hydrogen-bond donors (Lipinski definition) is 0. The molecule has 1 saturated heterocycles. The highest BCUT2D eigenvalue weighted by Gasteiger charge is 2.69. The van der Waals surface area contributed by atoms with Crippen LogP contribution in [-0.2, 0) is 21.5 Å². The van der Waals surface area contributed by atoms with Crippen molar-refractivity contribution in [1.82, 2.24) is 25.1 Å². The van der Waals surface area contributed by atoms with Gasteiger partial charge in [0.1, 0.15) is 5.41 Å². The van der Waals surface area contributed by atoms with Crippen LogP contribution in [-0.4, -0.2) is 56.1 Å². The van der Waals surface area contributed by atoms with E-state index in [0.29, 0.717) is 16.4 Å². The summed E-state index contributed by atoms with van der Waals surface area (Å²) in [4.78, 5) is 39.2. The van der Waals surface area contributed by atoms with E-state index >= 15 is 0 Å². The Balaban J connectivity index is 1.23. The summed E-state index contributed by atoms with van der Waals surface area (Å²) in [7, 11) is 0. The number of nitrogens with zero attached hydrogens (tertiary/aromatic N) is 6. The monoisotopic (exact) mass is 592 g/mol. The van der Waals surface area contributed by atoms with Crippen LogP contribution in [0.15, 0.2) is 61.3 Å². The summed E-state index contributed by atoms with van der Waals surface area (Å²) in [6, 6.07) is 9.14. The molecule has 4 aromatic rings. The van der Waals surface area contributed by atoms with E-state index in [4.69, 9.17) is 16.6 Å². The highest BCUT2D eigenvalue weighted by Crippen LogP contribution is 2.59. The lowest BCUT2D eigenvalue weighted by Crippen LogP contribution is -2.53. The van der Waals surface area contributed by atoms with Crippen LogP contribution in [0.3, 0.4) is 0 Å². The van der Waals surface area contributed by atoms with Gasteiger partial charge in [-0.25, -0.2) is 0 Å². The average Bonchev–Trinajstić information content (AvgIpc) is 3.79. The summed E-state index contributed by atoms with van der Waals surface area (Å²) >= 11 is 6.24. The Hall–Kier alpha value is -4.12. The summed E-state index contributed by atoms with van der Waals surface area (Å²) in [5, 5.41) is 10.2. The molecule has 2 fully saturated rings. The van der Waals surface area contributed by atoms with Gasteiger partial charge >= 0.3 is 6.18 Å². The largest absolute Gasteiger partial charge is 0.403 e. The van der Waals surface area contributed by atoms with Crippen molar-refractivity contribution in [2.45, 2.75) is 43.8 Å². The second-order valence-electron chi connectivity index (χ2n) is 11.2. The molecule has 0 unspecified atom stereocenters. The molecule has 0 atom stereocenters. The first-order valence-electron chi connectivity index (χ1n) is 13.6. The van der Waals surface area contributed by atoms with Gasteiger partial charge in [-0.3, -0.25) is 19.6 Å². The number of carbonyl (C=O) groups excluding carboxylic acids is 2. The molecule has 1 aliphatic carbocycles. The predicted molar refractivity (Wildman–Crippen MR) is 148 cm³/mol. The van der Waals surface area contributed by atoms with Crippen molar-refractivity contribution in [3.8, 4) is 11.1 Å². The van der Waals surface area contributed by atoms with E-state index in [1.807, 2.05) is 18.2 Å². The molecule has 2 amide bonds. The van der Waals surface area contributed by atoms with Crippen LogP contribution in [0.4, 0.5) is 18.9 Å². The fourth-order valence-corrected chi connectivity index (χ4v) is 6.71. The molecule has 2 aliphatic heterocycles. The molecule has 3 aliphatic rings. The topological polar surface area (TPSA) is 92.2 Å². The number of likely N-dealkylation sites (tertiary alicyclic amines) is 1. The van der Waals surface area contributed by atoms with Crippen LogP contribution < -0.4 is 4.90 Å². The van der Waals surface area contributed by atoms with Gasteiger partial charge < -0.3 is 9.80 Å². The fraction of sp³-hybridized carbons (Fsp3) is 0.333. The molecular formula is C30H24ClF3N6O2. The predicted octanol–water partition coefficient (Wildman–Crippen LogP) is 5.49. The molecule has 1 saturated carbocycles. The summed E-state index contributed by atoms with van der Waals surface area (Å²) in [5.74, 6) is -1.05. The van der Waals surface area contributed by atoms with Crippen molar-refractivity contribution in [3.05, 3.63) is 77.6 Å². The van der Waals surface area contributed by atoms with Gasteiger partial charge in [-0.2, -0.15) is 23.4 Å². The molecule has 42 heavy (non-hydrogen) atoms. The van der Waals surface area contributed by atoms with Gasteiger partial charge in [0.05, 0.1) is 41.9 Å². The second kappa shape index (κ2) is 9.45. The molecule has 8 nitrogen and oxygen atoms in total. The maximum Gasteiger partial charge on any atom is 0.403 e. The van der Waals surface area contributed by atoms with Crippen LogP contribution in [0, 0.1) is 5.41 Å². The Morgan fingerprint density at radius 1 is 0.976 bits per heavy atom. The maximum atomic E-state index is 14.3. The SMILES string of the molecule is O=C1N(Cc2ncc3cc(Cl)ccc3c2-c2ccnnc2)c2cnccc2C12CCN(C(=O)C1(C(F)(F)F)CC1)CC2. The second-order valence-corrected chi connectivity index (χ2v) is 11.6.